The Morgan fingerprint density at radius 2 is 0.848 bits per heavy atom. The number of para-hydroxylation sites is 4. The summed E-state index contributed by atoms with van der Waals surface area (Å²) >= 11 is 3.79. The Bertz CT molecular complexity index is 1730. The van der Waals surface area contributed by atoms with Gasteiger partial charge >= 0.3 is 0 Å². The predicted octanol–water partition coefficient (Wildman–Crippen LogP) is 8.04. The highest BCUT2D eigenvalue weighted by molar-refractivity contribution is 9.10. The highest BCUT2D eigenvalue weighted by Crippen LogP contribution is 2.36. The van der Waals surface area contributed by atoms with Crippen LogP contribution in [0.25, 0.3) is 55.2 Å². The first kappa shape index (κ1) is 18.7. The molecule has 7 rings (SSSR count). The fourth-order valence-corrected chi connectivity index (χ4v) is 5.42. The Morgan fingerprint density at radius 1 is 0.455 bits per heavy atom. The molecular formula is C29H18BrN3. The average molecular weight is 488 g/mol. The van der Waals surface area contributed by atoms with E-state index in [4.69, 9.17) is 4.98 Å². The van der Waals surface area contributed by atoms with E-state index in [1.54, 1.807) is 0 Å². The molecule has 0 unspecified atom stereocenters. The van der Waals surface area contributed by atoms with Gasteiger partial charge in [0.05, 0.1) is 26.5 Å². The third-order valence-corrected chi connectivity index (χ3v) is 7.03. The number of hydrogen-bond acceptors (Lipinski definition) is 1. The van der Waals surface area contributed by atoms with Crippen molar-refractivity contribution in [2.24, 2.45) is 0 Å². The van der Waals surface area contributed by atoms with Crippen molar-refractivity contribution in [2.75, 3.05) is 0 Å². The molecule has 7 aromatic rings. The van der Waals surface area contributed by atoms with Crippen LogP contribution < -0.4 is 0 Å². The van der Waals surface area contributed by atoms with Gasteiger partial charge in [0, 0.05) is 21.5 Å². The molecule has 0 radical (unpaired) electrons. The normalized spacial score (nSPS) is 11.8. The second kappa shape index (κ2) is 7.06. The van der Waals surface area contributed by atoms with Gasteiger partial charge in [0.25, 0.3) is 0 Å². The van der Waals surface area contributed by atoms with E-state index >= 15 is 0 Å². The van der Waals surface area contributed by atoms with Crippen molar-refractivity contribution < 1.29 is 0 Å². The Balaban J connectivity index is 1.58. The zero-order valence-corrected chi connectivity index (χ0v) is 19.2. The summed E-state index contributed by atoms with van der Waals surface area (Å²) in [6, 6.07) is 38.3. The summed E-state index contributed by atoms with van der Waals surface area (Å²) in [6.45, 7) is 0. The standard InChI is InChI=1S/C29H18BrN3/c30-23-17-18-28(32-24-13-5-1-9-19(24)20-10-2-6-14-25(20)32)31-29(23)33-26-15-7-3-11-21(26)22-12-4-8-16-27(22)33/h1-18H. The first-order chi connectivity index (χ1) is 16.3. The van der Waals surface area contributed by atoms with Crippen LogP contribution in [0.1, 0.15) is 0 Å². The summed E-state index contributed by atoms with van der Waals surface area (Å²) in [7, 11) is 0. The molecule has 0 aliphatic heterocycles. The van der Waals surface area contributed by atoms with Gasteiger partial charge in [0.15, 0.2) is 5.82 Å². The topological polar surface area (TPSA) is 22.8 Å². The second-order valence-electron chi connectivity index (χ2n) is 8.21. The van der Waals surface area contributed by atoms with Crippen LogP contribution in [-0.2, 0) is 0 Å². The van der Waals surface area contributed by atoms with Crippen LogP contribution in [0.4, 0.5) is 0 Å². The van der Waals surface area contributed by atoms with Crippen molar-refractivity contribution in [1.82, 2.24) is 14.1 Å². The lowest BCUT2D eigenvalue weighted by molar-refractivity contribution is 1.01. The number of hydrogen-bond donors (Lipinski definition) is 0. The van der Waals surface area contributed by atoms with E-state index in [9.17, 15) is 0 Å². The maximum absolute atomic E-state index is 5.24. The fraction of sp³-hybridized carbons (Fsp3) is 0. The van der Waals surface area contributed by atoms with E-state index in [0.29, 0.717) is 0 Å². The van der Waals surface area contributed by atoms with Crippen LogP contribution in [0, 0.1) is 0 Å². The highest BCUT2D eigenvalue weighted by Gasteiger charge is 2.17. The minimum absolute atomic E-state index is 0.881. The molecule has 0 amide bonds. The van der Waals surface area contributed by atoms with Crippen LogP contribution >= 0.6 is 15.9 Å². The van der Waals surface area contributed by atoms with Gasteiger partial charge in [-0.25, -0.2) is 4.98 Å². The third-order valence-electron chi connectivity index (χ3n) is 6.41. The highest BCUT2D eigenvalue weighted by atomic mass is 79.9. The maximum Gasteiger partial charge on any atom is 0.154 e. The van der Waals surface area contributed by atoms with Gasteiger partial charge in [-0.2, -0.15) is 0 Å². The Morgan fingerprint density at radius 3 is 1.30 bits per heavy atom. The number of pyridine rings is 1. The number of halogens is 1. The van der Waals surface area contributed by atoms with Crippen molar-refractivity contribution in [2.45, 2.75) is 0 Å². The maximum atomic E-state index is 5.24. The molecule has 0 aliphatic carbocycles. The Labute approximate surface area is 198 Å². The largest absolute Gasteiger partial charge is 0.294 e. The molecule has 3 nitrogen and oxygen atoms in total. The van der Waals surface area contributed by atoms with Crippen LogP contribution in [0.5, 0.6) is 0 Å². The van der Waals surface area contributed by atoms with Crippen LogP contribution in [0.2, 0.25) is 0 Å². The predicted molar refractivity (Wildman–Crippen MR) is 141 cm³/mol. The molecule has 4 aromatic carbocycles. The molecule has 0 spiro atoms. The van der Waals surface area contributed by atoms with Crippen molar-refractivity contribution in [3.8, 4) is 11.6 Å². The lowest BCUT2D eigenvalue weighted by atomic mass is 10.2. The van der Waals surface area contributed by atoms with E-state index in [1.165, 1.54) is 21.5 Å². The molecule has 156 valence electrons. The zero-order chi connectivity index (χ0) is 21.9. The van der Waals surface area contributed by atoms with E-state index in [1.807, 2.05) is 0 Å². The molecule has 4 heteroatoms. The van der Waals surface area contributed by atoms with Gasteiger partial charge < -0.3 is 0 Å². The molecule has 0 N–H and O–H groups in total. The van der Waals surface area contributed by atoms with Crippen LogP contribution in [0.3, 0.4) is 0 Å². The van der Waals surface area contributed by atoms with E-state index < -0.39 is 0 Å². The quantitative estimate of drug-likeness (QED) is 0.242. The van der Waals surface area contributed by atoms with E-state index in [0.717, 1.165) is 38.2 Å². The molecule has 33 heavy (non-hydrogen) atoms. The minimum atomic E-state index is 0.881. The molecule has 3 aromatic heterocycles. The molecule has 0 aliphatic rings. The lowest BCUT2D eigenvalue weighted by Crippen LogP contribution is -2.04. The SMILES string of the molecule is Brc1ccc(-n2c3ccccc3c3ccccc32)nc1-n1c2ccccc2c2ccccc21. The lowest BCUT2D eigenvalue weighted by Gasteiger charge is -2.13. The number of benzene rings is 4. The van der Waals surface area contributed by atoms with Gasteiger partial charge in [-0.3, -0.25) is 9.13 Å². The number of fused-ring (bicyclic) bond motifs is 6. The van der Waals surface area contributed by atoms with Crippen molar-refractivity contribution >= 4 is 59.5 Å². The van der Waals surface area contributed by atoms with Crippen LogP contribution in [0.15, 0.2) is 114 Å². The molecule has 0 atom stereocenters. The number of rotatable bonds is 2. The average Bonchev–Trinajstić information content (AvgIpc) is 3.38. The molecule has 0 fully saturated rings. The summed E-state index contributed by atoms with van der Waals surface area (Å²) in [4.78, 5) is 5.24. The molecule has 0 bridgehead atoms. The third kappa shape index (κ3) is 2.65. The zero-order valence-electron chi connectivity index (χ0n) is 17.6. The molecule has 3 heterocycles. The summed E-state index contributed by atoms with van der Waals surface area (Å²) in [6.07, 6.45) is 0. The first-order valence-electron chi connectivity index (χ1n) is 10.9. The van der Waals surface area contributed by atoms with E-state index in [-0.39, 0.29) is 0 Å². The minimum Gasteiger partial charge on any atom is -0.294 e. The summed E-state index contributed by atoms with van der Waals surface area (Å²) in [5, 5.41) is 4.92. The Hall–Kier alpha value is -3.89. The summed E-state index contributed by atoms with van der Waals surface area (Å²) in [5.41, 5.74) is 4.60. The molecular weight excluding hydrogens is 470 g/mol. The van der Waals surface area contributed by atoms with E-state index in [2.05, 4.69) is 134 Å². The van der Waals surface area contributed by atoms with Gasteiger partial charge in [-0.15, -0.1) is 0 Å². The summed E-state index contributed by atoms with van der Waals surface area (Å²) in [5.74, 6) is 1.78. The number of nitrogens with zero attached hydrogens (tertiary/aromatic N) is 3. The smallest absolute Gasteiger partial charge is 0.154 e. The van der Waals surface area contributed by atoms with Crippen molar-refractivity contribution in [3.63, 3.8) is 0 Å². The van der Waals surface area contributed by atoms with Gasteiger partial charge in [0.2, 0.25) is 0 Å². The monoisotopic (exact) mass is 487 g/mol. The molecule has 0 saturated heterocycles. The van der Waals surface area contributed by atoms with Crippen molar-refractivity contribution in [3.05, 3.63) is 114 Å². The van der Waals surface area contributed by atoms with Crippen LogP contribution in [-0.4, -0.2) is 14.1 Å². The number of aromatic nitrogens is 3. The fourth-order valence-electron chi connectivity index (χ4n) is 5.02. The summed E-state index contributed by atoms with van der Waals surface area (Å²) < 4.78 is 5.47. The second-order valence-corrected chi connectivity index (χ2v) is 9.07. The van der Waals surface area contributed by atoms with Gasteiger partial charge in [0.1, 0.15) is 5.82 Å². The van der Waals surface area contributed by atoms with Crippen molar-refractivity contribution in [1.29, 1.82) is 0 Å². The van der Waals surface area contributed by atoms with Gasteiger partial charge in [-0.05, 0) is 52.3 Å². The van der Waals surface area contributed by atoms with Gasteiger partial charge in [-0.1, -0.05) is 72.8 Å². The first-order valence-corrected chi connectivity index (χ1v) is 11.7. The molecule has 0 saturated carbocycles. The Kier molecular flexibility index (Phi) is 3.99.